The summed E-state index contributed by atoms with van der Waals surface area (Å²) >= 11 is 0. The molecule has 1 aliphatic heterocycles. The lowest BCUT2D eigenvalue weighted by molar-refractivity contribution is -0.375. The van der Waals surface area contributed by atoms with E-state index >= 15 is 0 Å². The summed E-state index contributed by atoms with van der Waals surface area (Å²) in [5.41, 5.74) is 5.41. The molecule has 5 N–H and O–H groups in total. The molecule has 0 radical (unpaired) electrons. The van der Waals surface area contributed by atoms with Crippen molar-refractivity contribution in [1.82, 2.24) is 0 Å². The van der Waals surface area contributed by atoms with Gasteiger partial charge in [-0.1, -0.05) is 17.6 Å². The highest BCUT2D eigenvalue weighted by Gasteiger charge is 2.55. The number of allylic oxidation sites excluding steroid dienone is 3. The van der Waals surface area contributed by atoms with Gasteiger partial charge in [-0.2, -0.15) is 5.26 Å². The number of aliphatic hydroxyl groups is 5. The molecule has 6 atom stereocenters. The highest BCUT2D eigenvalue weighted by atomic mass is 16.7. The van der Waals surface area contributed by atoms with Gasteiger partial charge in [0.15, 0.2) is 0 Å². The van der Waals surface area contributed by atoms with Crippen LogP contribution in [0.3, 0.4) is 0 Å². The van der Waals surface area contributed by atoms with Gasteiger partial charge in [0.2, 0.25) is 12.1 Å². The number of methoxy groups -OCH3 is 1. The van der Waals surface area contributed by atoms with Gasteiger partial charge in [-0.15, -0.1) is 0 Å². The minimum Gasteiger partial charge on any atom is -0.496 e. The van der Waals surface area contributed by atoms with Crippen LogP contribution in [-0.2, 0) is 9.47 Å². The number of fused-ring (bicyclic) bond motifs is 3. The van der Waals surface area contributed by atoms with E-state index in [9.17, 15) is 30.8 Å². The molecule has 0 aromatic heterocycles. The number of hydrogen-bond donors (Lipinski definition) is 5. The molecule has 1 saturated carbocycles. The molecule has 200 valence electrons. The van der Waals surface area contributed by atoms with Crippen molar-refractivity contribution in [1.29, 1.82) is 5.26 Å². The van der Waals surface area contributed by atoms with Crippen LogP contribution in [0.2, 0.25) is 0 Å². The van der Waals surface area contributed by atoms with E-state index in [-0.39, 0.29) is 11.3 Å². The van der Waals surface area contributed by atoms with Crippen molar-refractivity contribution in [3.8, 4) is 11.8 Å². The van der Waals surface area contributed by atoms with Gasteiger partial charge in [0.25, 0.3) is 0 Å². The van der Waals surface area contributed by atoms with Gasteiger partial charge in [0.1, 0.15) is 35.9 Å². The van der Waals surface area contributed by atoms with E-state index in [0.29, 0.717) is 11.8 Å². The van der Waals surface area contributed by atoms with Crippen molar-refractivity contribution in [2.45, 2.75) is 81.8 Å². The first-order chi connectivity index (χ1) is 17.8. The molecule has 9 nitrogen and oxygen atoms in total. The molecule has 1 saturated heterocycles. The Hall–Kier alpha value is -2.45. The van der Waals surface area contributed by atoms with E-state index in [4.69, 9.17) is 14.2 Å². The van der Waals surface area contributed by atoms with Crippen LogP contribution in [0.25, 0.3) is 5.76 Å². The summed E-state index contributed by atoms with van der Waals surface area (Å²) in [6.07, 6.45) is 2.21. The first kappa shape index (κ1) is 26.2. The predicted molar refractivity (Wildman–Crippen MR) is 132 cm³/mol. The Morgan fingerprint density at radius 2 is 1.95 bits per heavy atom. The number of aliphatic hydroxyl groups excluding tert-OH is 3. The summed E-state index contributed by atoms with van der Waals surface area (Å²) in [4.78, 5) is 0. The number of rotatable bonds is 5. The van der Waals surface area contributed by atoms with Crippen molar-refractivity contribution in [2.75, 3.05) is 13.7 Å². The van der Waals surface area contributed by atoms with Gasteiger partial charge in [-0.25, -0.2) is 0 Å². The van der Waals surface area contributed by atoms with Gasteiger partial charge in [-0.05, 0) is 74.6 Å². The Balaban J connectivity index is 1.51. The van der Waals surface area contributed by atoms with E-state index in [1.165, 1.54) is 31.3 Å². The van der Waals surface area contributed by atoms with E-state index in [0.717, 1.165) is 37.0 Å². The molecule has 2 fully saturated rings. The lowest BCUT2D eigenvalue weighted by Gasteiger charge is -2.44. The number of nitrogens with zero attached hydrogens (tertiary/aromatic N) is 1. The maximum Gasteiger partial charge on any atom is 0.229 e. The molecule has 3 aliphatic carbocycles. The fourth-order valence-corrected chi connectivity index (χ4v) is 6.61. The second-order valence-corrected chi connectivity index (χ2v) is 10.5. The fraction of sp³-hybridized carbons (Fsp3) is 0.607. The minimum absolute atomic E-state index is 0.0880. The maximum atomic E-state index is 10.4. The van der Waals surface area contributed by atoms with Crippen LogP contribution in [0.1, 0.15) is 62.5 Å². The molecule has 0 amide bonds. The molecule has 37 heavy (non-hydrogen) atoms. The largest absolute Gasteiger partial charge is 0.496 e. The van der Waals surface area contributed by atoms with Gasteiger partial charge in [0, 0.05) is 11.5 Å². The van der Waals surface area contributed by atoms with E-state index in [1.54, 1.807) is 30.4 Å². The Morgan fingerprint density at radius 3 is 2.68 bits per heavy atom. The van der Waals surface area contributed by atoms with Gasteiger partial charge >= 0.3 is 0 Å². The zero-order valence-corrected chi connectivity index (χ0v) is 21.0. The number of benzene rings is 1. The molecule has 5 rings (SSSR count). The van der Waals surface area contributed by atoms with Crippen LogP contribution in [-0.4, -0.2) is 69.6 Å². The smallest absolute Gasteiger partial charge is 0.229 e. The Bertz CT molecular complexity index is 1130. The molecular weight excluding hydrogens is 478 g/mol. The van der Waals surface area contributed by atoms with Crippen LogP contribution in [0.15, 0.2) is 34.9 Å². The van der Waals surface area contributed by atoms with E-state index in [1.807, 2.05) is 6.07 Å². The van der Waals surface area contributed by atoms with Crippen LogP contribution < -0.4 is 4.74 Å². The molecule has 2 bridgehead atoms. The average molecular weight is 514 g/mol. The van der Waals surface area contributed by atoms with E-state index < -0.39 is 37.0 Å². The van der Waals surface area contributed by atoms with Crippen LogP contribution in [0.4, 0.5) is 0 Å². The van der Waals surface area contributed by atoms with Gasteiger partial charge < -0.3 is 39.7 Å². The average Bonchev–Trinajstić information content (AvgIpc) is 2.90. The summed E-state index contributed by atoms with van der Waals surface area (Å²) < 4.78 is 17.2. The second-order valence-electron chi connectivity index (χ2n) is 10.5. The highest BCUT2D eigenvalue weighted by molar-refractivity contribution is 5.68. The molecule has 1 aromatic carbocycles. The quantitative estimate of drug-likeness (QED) is 0.226. The molecule has 0 spiro atoms. The Kier molecular flexibility index (Phi) is 7.33. The van der Waals surface area contributed by atoms with Crippen LogP contribution in [0, 0.1) is 23.2 Å². The third-order valence-electron chi connectivity index (χ3n) is 8.45. The predicted octanol–water partition coefficient (Wildman–Crippen LogP) is 2.11. The lowest BCUT2D eigenvalue weighted by atomic mass is 9.62. The summed E-state index contributed by atoms with van der Waals surface area (Å²) in [6, 6.07) is 7.13. The second kappa shape index (κ2) is 10.4. The van der Waals surface area contributed by atoms with Crippen molar-refractivity contribution in [3.05, 3.63) is 46.0 Å². The first-order valence-electron chi connectivity index (χ1n) is 13.1. The number of nitriles is 1. The topological polar surface area (TPSA) is 153 Å². The van der Waals surface area contributed by atoms with Crippen molar-refractivity contribution >= 4 is 5.76 Å². The summed E-state index contributed by atoms with van der Waals surface area (Å²) in [6.45, 7) is -0.831. The summed E-state index contributed by atoms with van der Waals surface area (Å²) in [5.74, 6) is -1.23. The highest BCUT2D eigenvalue weighted by Crippen LogP contribution is 2.53. The van der Waals surface area contributed by atoms with Crippen molar-refractivity contribution < 1.29 is 39.7 Å². The molecule has 9 heteroatoms. The Morgan fingerprint density at radius 1 is 1.16 bits per heavy atom. The van der Waals surface area contributed by atoms with Crippen LogP contribution in [0.5, 0.6) is 5.75 Å². The third kappa shape index (κ3) is 4.56. The Labute approximate surface area is 216 Å². The van der Waals surface area contributed by atoms with Crippen molar-refractivity contribution in [2.24, 2.45) is 11.8 Å². The molecule has 1 aromatic rings. The van der Waals surface area contributed by atoms with Gasteiger partial charge in [0.05, 0.1) is 19.3 Å². The minimum atomic E-state index is -2.87. The monoisotopic (exact) mass is 513 g/mol. The summed E-state index contributed by atoms with van der Waals surface area (Å²) in [7, 11) is 1.65. The lowest BCUT2D eigenvalue weighted by Crippen LogP contribution is -2.67. The van der Waals surface area contributed by atoms with Crippen LogP contribution >= 0.6 is 0 Å². The molecule has 4 aliphatic rings. The molecular formula is C28H35NO8. The first-order valence-corrected chi connectivity index (χ1v) is 13.1. The maximum absolute atomic E-state index is 10.4. The third-order valence-corrected chi connectivity index (χ3v) is 8.45. The van der Waals surface area contributed by atoms with Gasteiger partial charge in [-0.3, -0.25) is 0 Å². The van der Waals surface area contributed by atoms with E-state index in [2.05, 4.69) is 6.07 Å². The number of ether oxygens (including phenoxy) is 3. The number of hydrogen-bond acceptors (Lipinski definition) is 9. The molecule has 1 heterocycles. The summed E-state index contributed by atoms with van der Waals surface area (Å²) in [5, 5.41) is 59.9. The zero-order valence-electron chi connectivity index (χ0n) is 21.0. The SMILES string of the molecule is COC(=C1C2CCCC1C1=C(CCCC1)C2)c1ccc(C#N)c(O[C@@H]2OC(CO)C(O)(O)[C@H](O)C2O)c1. The van der Waals surface area contributed by atoms with Crippen molar-refractivity contribution in [3.63, 3.8) is 0 Å². The molecule has 4 unspecified atom stereocenters. The fourth-order valence-electron chi connectivity index (χ4n) is 6.61. The zero-order chi connectivity index (χ0) is 26.3. The normalized spacial score (nSPS) is 34.3. The standard InChI is InChI=1S/C28H35NO8/c1-35-25(23-16-6-4-8-20(23)19-7-3-2-5-15(19)11-16)17-9-10-18(13-29)21(12-17)36-27-24(31)26(32)28(33,34)22(14-30)37-27/h9-10,12,16,20,22,24,26-27,30-34H,2-8,11,14H2,1H3/t16?,20?,22?,24?,26-,27-/m1/s1.